The fourth-order valence-corrected chi connectivity index (χ4v) is 4.58. The van der Waals surface area contributed by atoms with E-state index in [0.29, 0.717) is 6.54 Å². The minimum atomic E-state index is -3.36. The molecule has 1 saturated carbocycles. The second kappa shape index (κ2) is 4.01. The van der Waals surface area contributed by atoms with Crippen LogP contribution >= 0.6 is 22.9 Å². The van der Waals surface area contributed by atoms with E-state index in [-0.39, 0.29) is 14.7 Å². The normalized spacial score (nSPS) is 17.3. The molecule has 4 nitrogen and oxygen atoms in total. The fourth-order valence-electron chi connectivity index (χ4n) is 1.46. The molecule has 0 bridgehead atoms. The van der Waals surface area contributed by atoms with E-state index in [1.807, 2.05) is 6.92 Å². The van der Waals surface area contributed by atoms with Gasteiger partial charge in [-0.15, -0.1) is 0 Å². The molecule has 0 aromatic carbocycles. The topological polar surface area (TPSA) is 50.3 Å². The van der Waals surface area contributed by atoms with Gasteiger partial charge in [-0.05, 0) is 12.8 Å². The number of hydrogen-bond acceptors (Lipinski definition) is 4. The second-order valence-electron chi connectivity index (χ2n) is 3.37. The maximum absolute atomic E-state index is 12.1. The molecule has 1 aromatic heterocycles. The Balaban J connectivity index is 2.32. The minimum Gasteiger partial charge on any atom is -0.232 e. The van der Waals surface area contributed by atoms with Crippen molar-refractivity contribution in [3.63, 3.8) is 0 Å². The first-order valence-corrected chi connectivity index (χ1v) is 7.32. The van der Waals surface area contributed by atoms with Crippen molar-refractivity contribution in [1.29, 1.82) is 0 Å². The van der Waals surface area contributed by atoms with Crippen molar-refractivity contribution < 1.29 is 8.42 Å². The summed E-state index contributed by atoms with van der Waals surface area (Å²) < 4.78 is 26.2. The number of halogens is 1. The van der Waals surface area contributed by atoms with Gasteiger partial charge in [-0.3, -0.25) is 0 Å². The summed E-state index contributed by atoms with van der Waals surface area (Å²) >= 11 is 6.64. The highest BCUT2D eigenvalue weighted by molar-refractivity contribution is 7.91. The number of hydrogen-bond donors (Lipinski definition) is 0. The maximum Gasteiger partial charge on any atom is 0.254 e. The van der Waals surface area contributed by atoms with Gasteiger partial charge in [0.25, 0.3) is 10.0 Å². The lowest BCUT2D eigenvalue weighted by Gasteiger charge is -2.18. The average Bonchev–Trinajstić information content (AvgIpc) is 2.88. The van der Waals surface area contributed by atoms with Gasteiger partial charge in [-0.25, -0.2) is 13.4 Å². The molecular formula is C8H11ClN2O2S2. The molecule has 15 heavy (non-hydrogen) atoms. The lowest BCUT2D eigenvalue weighted by atomic mass is 10.6. The van der Waals surface area contributed by atoms with Crippen LogP contribution in [0.15, 0.2) is 10.4 Å². The number of nitrogens with zero attached hydrogens (tertiary/aromatic N) is 2. The molecule has 2 rings (SSSR count). The molecule has 0 atom stereocenters. The number of rotatable bonds is 4. The highest BCUT2D eigenvalue weighted by atomic mass is 35.5. The minimum absolute atomic E-state index is 0.181. The zero-order valence-electron chi connectivity index (χ0n) is 8.18. The van der Waals surface area contributed by atoms with Crippen LogP contribution in [0.4, 0.5) is 0 Å². The Bertz CT molecular complexity index is 453. The van der Waals surface area contributed by atoms with Gasteiger partial charge in [0.2, 0.25) is 0 Å². The molecule has 1 aliphatic rings. The van der Waals surface area contributed by atoms with E-state index in [1.165, 1.54) is 10.5 Å². The third-order valence-corrected chi connectivity index (χ3v) is 5.86. The van der Waals surface area contributed by atoms with Crippen LogP contribution in [-0.2, 0) is 10.0 Å². The molecule has 7 heteroatoms. The standard InChI is InChI=1S/C8H11ClN2O2S2/c1-2-11(6-3-4-6)15(12,13)7-5-10-8(9)14-7/h5-6H,2-4H2,1H3. The van der Waals surface area contributed by atoms with Crippen molar-refractivity contribution in [2.75, 3.05) is 6.54 Å². The van der Waals surface area contributed by atoms with Crippen LogP contribution < -0.4 is 0 Å². The summed E-state index contributed by atoms with van der Waals surface area (Å²) in [6, 6.07) is 0.181. The smallest absolute Gasteiger partial charge is 0.232 e. The van der Waals surface area contributed by atoms with E-state index in [4.69, 9.17) is 11.6 Å². The van der Waals surface area contributed by atoms with Gasteiger partial charge < -0.3 is 0 Å². The lowest BCUT2D eigenvalue weighted by Crippen LogP contribution is -2.32. The van der Waals surface area contributed by atoms with E-state index in [0.717, 1.165) is 24.2 Å². The van der Waals surface area contributed by atoms with Gasteiger partial charge in [-0.1, -0.05) is 29.9 Å². The zero-order chi connectivity index (χ0) is 11.1. The molecule has 0 amide bonds. The molecule has 0 saturated heterocycles. The SMILES string of the molecule is CCN(C1CC1)S(=O)(=O)c1cnc(Cl)s1. The summed E-state index contributed by atoms with van der Waals surface area (Å²) in [6.07, 6.45) is 3.24. The summed E-state index contributed by atoms with van der Waals surface area (Å²) in [5.74, 6) is 0. The molecular weight excluding hydrogens is 256 g/mol. The van der Waals surface area contributed by atoms with E-state index in [1.54, 1.807) is 0 Å². The summed E-state index contributed by atoms with van der Waals surface area (Å²) in [5, 5.41) is 0. The van der Waals surface area contributed by atoms with Gasteiger partial charge >= 0.3 is 0 Å². The molecule has 0 radical (unpaired) electrons. The Morgan fingerprint density at radius 1 is 1.67 bits per heavy atom. The maximum atomic E-state index is 12.1. The van der Waals surface area contributed by atoms with Crippen molar-refractivity contribution in [3.05, 3.63) is 10.7 Å². The summed E-state index contributed by atoms with van der Waals surface area (Å²) in [7, 11) is -3.36. The van der Waals surface area contributed by atoms with Crippen LogP contribution in [0.3, 0.4) is 0 Å². The Morgan fingerprint density at radius 3 is 2.73 bits per heavy atom. The van der Waals surface area contributed by atoms with Crippen molar-refractivity contribution in [2.24, 2.45) is 0 Å². The van der Waals surface area contributed by atoms with E-state index in [9.17, 15) is 8.42 Å². The fraction of sp³-hybridized carbons (Fsp3) is 0.625. The highest BCUT2D eigenvalue weighted by Crippen LogP contribution is 2.33. The second-order valence-corrected chi connectivity index (χ2v) is 7.10. The summed E-state index contributed by atoms with van der Waals surface area (Å²) in [6.45, 7) is 2.35. The number of sulfonamides is 1. The van der Waals surface area contributed by atoms with Crippen LogP contribution in [0, 0.1) is 0 Å². The Morgan fingerprint density at radius 2 is 2.33 bits per heavy atom. The van der Waals surface area contributed by atoms with Crippen molar-refractivity contribution in [3.8, 4) is 0 Å². The predicted molar refractivity (Wildman–Crippen MR) is 59.7 cm³/mol. The van der Waals surface area contributed by atoms with Crippen molar-refractivity contribution >= 4 is 33.0 Å². The Labute approximate surface area is 97.9 Å². The first kappa shape index (κ1) is 11.3. The van der Waals surface area contributed by atoms with Gasteiger partial charge in [0.05, 0.1) is 6.20 Å². The van der Waals surface area contributed by atoms with E-state index < -0.39 is 10.0 Å². The predicted octanol–water partition coefficient (Wildman–Crippen LogP) is 1.97. The average molecular weight is 267 g/mol. The molecule has 0 unspecified atom stereocenters. The van der Waals surface area contributed by atoms with Gasteiger partial charge in [-0.2, -0.15) is 4.31 Å². The van der Waals surface area contributed by atoms with E-state index >= 15 is 0 Å². The van der Waals surface area contributed by atoms with Crippen LogP contribution in [0.1, 0.15) is 19.8 Å². The largest absolute Gasteiger partial charge is 0.254 e. The van der Waals surface area contributed by atoms with Crippen molar-refractivity contribution in [1.82, 2.24) is 9.29 Å². The monoisotopic (exact) mass is 266 g/mol. The molecule has 1 fully saturated rings. The van der Waals surface area contributed by atoms with E-state index in [2.05, 4.69) is 4.98 Å². The quantitative estimate of drug-likeness (QED) is 0.837. The molecule has 0 spiro atoms. The molecule has 0 aliphatic heterocycles. The van der Waals surface area contributed by atoms with Crippen molar-refractivity contribution in [2.45, 2.75) is 30.0 Å². The van der Waals surface area contributed by atoms with Crippen LogP contribution in [-0.4, -0.2) is 30.3 Å². The van der Waals surface area contributed by atoms with Crippen LogP contribution in [0.5, 0.6) is 0 Å². The Kier molecular flexibility index (Phi) is 3.03. The molecule has 0 N–H and O–H groups in total. The van der Waals surface area contributed by atoms with Gasteiger partial charge in [0.1, 0.15) is 0 Å². The summed E-state index contributed by atoms with van der Waals surface area (Å²) in [5.41, 5.74) is 0. The molecule has 1 heterocycles. The Hall–Kier alpha value is -0.170. The molecule has 84 valence electrons. The van der Waals surface area contributed by atoms with Gasteiger partial charge in [0, 0.05) is 12.6 Å². The zero-order valence-corrected chi connectivity index (χ0v) is 10.6. The van der Waals surface area contributed by atoms with Crippen LogP contribution in [0.25, 0.3) is 0 Å². The first-order valence-electron chi connectivity index (χ1n) is 4.69. The third-order valence-electron chi connectivity index (χ3n) is 2.29. The van der Waals surface area contributed by atoms with Crippen LogP contribution in [0.2, 0.25) is 4.47 Å². The number of aromatic nitrogens is 1. The summed E-state index contributed by atoms with van der Waals surface area (Å²) in [4.78, 5) is 3.76. The van der Waals surface area contributed by atoms with Gasteiger partial charge in [0.15, 0.2) is 8.68 Å². The number of thiazole rings is 1. The first-order chi connectivity index (χ1) is 7.05. The third kappa shape index (κ3) is 2.18. The molecule has 1 aliphatic carbocycles. The lowest BCUT2D eigenvalue weighted by molar-refractivity contribution is 0.422. The highest BCUT2D eigenvalue weighted by Gasteiger charge is 2.37. The molecule has 1 aromatic rings.